The summed E-state index contributed by atoms with van der Waals surface area (Å²) in [5, 5.41) is 30.1. The number of aryl methyl sites for hydroxylation is 1. The minimum absolute atomic E-state index is 0.0334. The van der Waals surface area contributed by atoms with Gasteiger partial charge in [-0.1, -0.05) is 35.9 Å². The van der Waals surface area contributed by atoms with Crippen molar-refractivity contribution in [2.45, 2.75) is 31.0 Å². The summed E-state index contributed by atoms with van der Waals surface area (Å²) in [6.45, 7) is 1.77. The molecule has 1 N–H and O–H groups in total. The van der Waals surface area contributed by atoms with Crippen LogP contribution in [0.25, 0.3) is 17.0 Å². The Morgan fingerprint density at radius 1 is 1.11 bits per heavy atom. The summed E-state index contributed by atoms with van der Waals surface area (Å²) in [6, 6.07) is 21.0. The third-order valence-electron chi connectivity index (χ3n) is 5.75. The number of sulfonamides is 1. The van der Waals surface area contributed by atoms with Gasteiger partial charge in [0.05, 0.1) is 23.8 Å². The molecule has 0 spiro atoms. The van der Waals surface area contributed by atoms with Crippen molar-refractivity contribution in [3.8, 4) is 12.1 Å². The van der Waals surface area contributed by atoms with E-state index in [0.29, 0.717) is 11.3 Å². The molecule has 0 bridgehead atoms. The van der Waals surface area contributed by atoms with Crippen molar-refractivity contribution < 1.29 is 17.9 Å². The highest BCUT2D eigenvalue weighted by Gasteiger charge is 2.28. The molecule has 0 aliphatic heterocycles. The lowest BCUT2D eigenvalue weighted by Crippen LogP contribution is -2.38. The number of aliphatic hydroxyl groups is 1. The number of benzene rings is 2. The molecule has 2 aromatic carbocycles. The summed E-state index contributed by atoms with van der Waals surface area (Å²) >= 11 is 0. The minimum Gasteiger partial charge on any atom is -0.468 e. The van der Waals surface area contributed by atoms with E-state index in [0.717, 1.165) is 16.5 Å². The second kappa shape index (κ2) is 10.6. The van der Waals surface area contributed by atoms with E-state index in [1.165, 1.54) is 16.6 Å². The molecule has 0 amide bonds. The van der Waals surface area contributed by atoms with Crippen molar-refractivity contribution in [1.82, 2.24) is 8.87 Å². The molecule has 0 unspecified atom stereocenters. The molecule has 0 aliphatic carbocycles. The molecule has 4 aromatic rings. The summed E-state index contributed by atoms with van der Waals surface area (Å²) in [5.41, 5.74) is 2.35. The lowest BCUT2D eigenvalue weighted by Gasteiger charge is -2.24. The number of nitriles is 2. The van der Waals surface area contributed by atoms with Crippen LogP contribution in [0.4, 0.5) is 0 Å². The van der Waals surface area contributed by atoms with E-state index in [1.807, 2.05) is 43.3 Å². The monoisotopic (exact) mass is 500 g/mol. The highest BCUT2D eigenvalue weighted by molar-refractivity contribution is 7.89. The van der Waals surface area contributed by atoms with Gasteiger partial charge < -0.3 is 14.1 Å². The number of aromatic nitrogens is 1. The van der Waals surface area contributed by atoms with Gasteiger partial charge in [0.1, 0.15) is 23.5 Å². The molecular weight excluding hydrogens is 476 g/mol. The van der Waals surface area contributed by atoms with Gasteiger partial charge in [-0.3, -0.25) is 0 Å². The fourth-order valence-electron chi connectivity index (χ4n) is 3.99. The third kappa shape index (κ3) is 5.40. The molecule has 0 fully saturated rings. The summed E-state index contributed by atoms with van der Waals surface area (Å²) in [5.74, 6) is 0.456. The molecular formula is C27H24N4O4S. The Morgan fingerprint density at radius 2 is 1.83 bits per heavy atom. The Kier molecular flexibility index (Phi) is 7.37. The van der Waals surface area contributed by atoms with Gasteiger partial charge in [-0.2, -0.15) is 14.8 Å². The summed E-state index contributed by atoms with van der Waals surface area (Å²) < 4.78 is 35.3. The summed E-state index contributed by atoms with van der Waals surface area (Å²) in [4.78, 5) is 0.131. The Bertz CT molecular complexity index is 1560. The number of aliphatic hydroxyl groups excluding tert-OH is 1. The van der Waals surface area contributed by atoms with E-state index in [4.69, 9.17) is 14.9 Å². The average molecular weight is 501 g/mol. The van der Waals surface area contributed by atoms with Gasteiger partial charge in [-0.25, -0.2) is 8.42 Å². The molecule has 1 atom stereocenters. The van der Waals surface area contributed by atoms with Crippen molar-refractivity contribution in [2.75, 3.05) is 6.54 Å². The zero-order chi connectivity index (χ0) is 25.7. The first-order chi connectivity index (χ1) is 17.3. The molecule has 9 heteroatoms. The number of nitrogens with zero attached hydrogens (tertiary/aromatic N) is 4. The van der Waals surface area contributed by atoms with E-state index in [9.17, 15) is 13.5 Å². The highest BCUT2D eigenvalue weighted by atomic mass is 32.2. The molecule has 0 saturated heterocycles. The topological polar surface area (TPSA) is 123 Å². The Balaban J connectivity index is 1.64. The van der Waals surface area contributed by atoms with Crippen molar-refractivity contribution in [2.24, 2.45) is 0 Å². The zero-order valence-corrected chi connectivity index (χ0v) is 20.4. The van der Waals surface area contributed by atoms with Crippen LogP contribution in [-0.2, 0) is 23.1 Å². The summed E-state index contributed by atoms with van der Waals surface area (Å²) in [6.07, 6.45) is 3.66. The van der Waals surface area contributed by atoms with Crippen LogP contribution in [0.3, 0.4) is 0 Å². The number of para-hydroxylation sites is 1. The largest absolute Gasteiger partial charge is 0.468 e. The van der Waals surface area contributed by atoms with Gasteiger partial charge >= 0.3 is 0 Å². The number of hydrogen-bond donors (Lipinski definition) is 1. The number of fused-ring (bicyclic) bond motifs is 1. The molecule has 2 aromatic heterocycles. The maximum Gasteiger partial charge on any atom is 0.243 e. The van der Waals surface area contributed by atoms with Crippen LogP contribution < -0.4 is 0 Å². The van der Waals surface area contributed by atoms with E-state index >= 15 is 0 Å². The van der Waals surface area contributed by atoms with Gasteiger partial charge in [0.25, 0.3) is 0 Å². The van der Waals surface area contributed by atoms with Crippen molar-refractivity contribution in [3.63, 3.8) is 0 Å². The first-order valence-electron chi connectivity index (χ1n) is 11.2. The van der Waals surface area contributed by atoms with E-state index < -0.39 is 16.1 Å². The zero-order valence-electron chi connectivity index (χ0n) is 19.6. The predicted molar refractivity (Wildman–Crippen MR) is 135 cm³/mol. The van der Waals surface area contributed by atoms with E-state index in [2.05, 4.69) is 0 Å². The quantitative estimate of drug-likeness (QED) is 0.343. The highest BCUT2D eigenvalue weighted by Crippen LogP contribution is 2.25. The standard InChI is InChI=1S/C27H24N4O4S/c1-20-8-10-25(11-9-20)36(33,34)31(19-24-5-4-12-35-24)18-23(32)17-30-16-22(13-21(14-28)15-29)26-6-2-3-7-27(26)30/h2-13,16,23,32H,17-19H2,1H3/t23-/m1/s1. The van der Waals surface area contributed by atoms with Gasteiger partial charge in [-0.05, 0) is 43.3 Å². The number of rotatable bonds is 9. The van der Waals surface area contributed by atoms with Crippen LogP contribution in [-0.4, -0.2) is 35.0 Å². The number of allylic oxidation sites excluding steroid dienone is 1. The molecule has 0 saturated carbocycles. The second-order valence-corrected chi connectivity index (χ2v) is 10.3. The average Bonchev–Trinajstić information content (AvgIpc) is 3.50. The van der Waals surface area contributed by atoms with Gasteiger partial charge in [0.15, 0.2) is 0 Å². The van der Waals surface area contributed by atoms with Crippen molar-refractivity contribution in [3.05, 3.63) is 95.6 Å². The maximum absolute atomic E-state index is 13.5. The van der Waals surface area contributed by atoms with Crippen LogP contribution in [0.5, 0.6) is 0 Å². The lowest BCUT2D eigenvalue weighted by atomic mass is 10.1. The molecule has 2 heterocycles. The number of hydrogen-bond acceptors (Lipinski definition) is 6. The maximum atomic E-state index is 13.5. The normalized spacial score (nSPS) is 12.2. The third-order valence-corrected chi connectivity index (χ3v) is 7.58. The lowest BCUT2D eigenvalue weighted by molar-refractivity contribution is 0.125. The first-order valence-corrected chi connectivity index (χ1v) is 12.6. The molecule has 36 heavy (non-hydrogen) atoms. The molecule has 4 rings (SSSR count). The van der Waals surface area contributed by atoms with Crippen LogP contribution in [0.1, 0.15) is 16.9 Å². The Morgan fingerprint density at radius 3 is 2.50 bits per heavy atom. The molecule has 8 nitrogen and oxygen atoms in total. The van der Waals surface area contributed by atoms with Crippen molar-refractivity contribution in [1.29, 1.82) is 10.5 Å². The van der Waals surface area contributed by atoms with E-state index in [-0.39, 0.29) is 30.1 Å². The van der Waals surface area contributed by atoms with Crippen LogP contribution in [0.2, 0.25) is 0 Å². The van der Waals surface area contributed by atoms with Gasteiger partial charge in [-0.15, -0.1) is 0 Å². The minimum atomic E-state index is -3.92. The summed E-state index contributed by atoms with van der Waals surface area (Å²) in [7, 11) is -3.92. The first kappa shape index (κ1) is 25.0. The van der Waals surface area contributed by atoms with Gasteiger partial charge in [0, 0.05) is 35.8 Å². The number of furan rings is 1. The van der Waals surface area contributed by atoms with Gasteiger partial charge in [0.2, 0.25) is 10.0 Å². The van der Waals surface area contributed by atoms with Crippen LogP contribution in [0, 0.1) is 29.6 Å². The Labute approximate surface area is 209 Å². The van der Waals surface area contributed by atoms with Crippen LogP contribution >= 0.6 is 0 Å². The molecule has 182 valence electrons. The SMILES string of the molecule is Cc1ccc(S(=O)(=O)N(Cc2ccco2)C[C@H](O)Cn2cc(C=C(C#N)C#N)c3ccccc32)cc1. The van der Waals surface area contributed by atoms with Crippen LogP contribution in [0.15, 0.2) is 88.0 Å². The molecule has 0 radical (unpaired) electrons. The fourth-order valence-corrected chi connectivity index (χ4v) is 5.43. The fraction of sp³-hybridized carbons (Fsp3) is 0.185. The Hall–Kier alpha value is -4.15. The second-order valence-electron chi connectivity index (χ2n) is 8.38. The smallest absolute Gasteiger partial charge is 0.243 e. The molecule has 0 aliphatic rings. The van der Waals surface area contributed by atoms with Crippen molar-refractivity contribution >= 4 is 27.0 Å². The predicted octanol–water partition coefficient (Wildman–Crippen LogP) is 4.23. The van der Waals surface area contributed by atoms with E-state index in [1.54, 1.807) is 47.2 Å².